The monoisotopic (exact) mass is 295 g/mol. The van der Waals surface area contributed by atoms with Gasteiger partial charge >= 0.3 is 0 Å². The van der Waals surface area contributed by atoms with E-state index in [9.17, 15) is 4.79 Å². The Morgan fingerprint density at radius 2 is 2.35 bits per heavy atom. The fourth-order valence-electron chi connectivity index (χ4n) is 2.41. The lowest BCUT2D eigenvalue weighted by atomic mass is 10.2. The summed E-state index contributed by atoms with van der Waals surface area (Å²) < 4.78 is 0. The molecule has 1 aromatic rings. The molecule has 1 atom stereocenters. The molecule has 0 aliphatic carbocycles. The first kappa shape index (κ1) is 15.3. The first-order chi connectivity index (χ1) is 9.56. The van der Waals surface area contributed by atoms with Gasteiger partial charge in [-0.3, -0.25) is 9.69 Å². The second kappa shape index (κ2) is 7.07. The second-order valence-electron chi connectivity index (χ2n) is 5.40. The predicted octanol–water partition coefficient (Wildman–Crippen LogP) is 1.59. The van der Waals surface area contributed by atoms with Crippen LogP contribution in [0, 0.1) is 0 Å². The van der Waals surface area contributed by atoms with E-state index >= 15 is 0 Å². The van der Waals surface area contributed by atoms with Crippen LogP contribution in [0.2, 0.25) is 5.02 Å². The summed E-state index contributed by atoms with van der Waals surface area (Å²) in [5.74, 6) is 0.152. The molecule has 1 amide bonds. The van der Waals surface area contributed by atoms with E-state index in [0.717, 1.165) is 25.2 Å². The maximum absolute atomic E-state index is 12.3. The van der Waals surface area contributed by atoms with Gasteiger partial charge in [0.2, 0.25) is 5.91 Å². The van der Waals surface area contributed by atoms with Crippen molar-refractivity contribution in [3.63, 3.8) is 0 Å². The van der Waals surface area contributed by atoms with Crippen molar-refractivity contribution in [1.29, 1.82) is 0 Å². The molecule has 1 N–H and O–H groups in total. The van der Waals surface area contributed by atoms with E-state index in [1.54, 1.807) is 4.90 Å². The van der Waals surface area contributed by atoms with Crippen LogP contribution < -0.4 is 5.32 Å². The number of likely N-dealkylation sites (N-methyl/N-ethyl adjacent to an activating group) is 1. The summed E-state index contributed by atoms with van der Waals surface area (Å²) in [6.07, 6.45) is 0. The highest BCUT2D eigenvalue weighted by molar-refractivity contribution is 6.30. The number of carbonyl (C=O) groups is 1. The molecule has 1 fully saturated rings. The zero-order valence-electron chi connectivity index (χ0n) is 12.1. The largest absolute Gasteiger partial charge is 0.340 e. The zero-order valence-corrected chi connectivity index (χ0v) is 12.9. The van der Waals surface area contributed by atoms with Crippen molar-refractivity contribution in [2.45, 2.75) is 19.5 Å². The van der Waals surface area contributed by atoms with Crippen LogP contribution in [0.15, 0.2) is 24.3 Å². The molecule has 1 aliphatic rings. The van der Waals surface area contributed by atoms with Crippen molar-refractivity contribution in [3.8, 4) is 0 Å². The molecule has 1 saturated heterocycles. The van der Waals surface area contributed by atoms with E-state index in [1.165, 1.54) is 0 Å². The van der Waals surface area contributed by atoms with Gasteiger partial charge in [0, 0.05) is 44.3 Å². The first-order valence-corrected chi connectivity index (χ1v) is 7.37. The number of benzene rings is 1. The molecule has 1 unspecified atom stereocenters. The fraction of sp³-hybridized carbons (Fsp3) is 0.533. The molecule has 1 heterocycles. The number of rotatable bonds is 4. The van der Waals surface area contributed by atoms with Crippen molar-refractivity contribution in [2.24, 2.45) is 0 Å². The molecule has 20 heavy (non-hydrogen) atoms. The minimum absolute atomic E-state index is 0.152. The van der Waals surface area contributed by atoms with E-state index in [1.807, 2.05) is 31.3 Å². The van der Waals surface area contributed by atoms with Gasteiger partial charge in [-0.15, -0.1) is 0 Å². The Kier molecular flexibility index (Phi) is 5.40. The molecule has 0 radical (unpaired) electrons. The molecular formula is C15H22ClN3O. The Labute approximate surface area is 125 Å². The van der Waals surface area contributed by atoms with Crippen LogP contribution in [-0.4, -0.2) is 55.0 Å². The fourth-order valence-corrected chi connectivity index (χ4v) is 2.62. The van der Waals surface area contributed by atoms with Crippen molar-refractivity contribution >= 4 is 17.5 Å². The van der Waals surface area contributed by atoms with Crippen molar-refractivity contribution < 1.29 is 4.79 Å². The number of carbonyl (C=O) groups excluding carboxylic acids is 1. The van der Waals surface area contributed by atoms with Crippen LogP contribution in [-0.2, 0) is 11.3 Å². The normalized spacial score (nSPS) is 19.9. The highest BCUT2D eigenvalue weighted by Gasteiger charge is 2.21. The SMILES string of the molecule is CC1CNCCN1CC(=O)N(C)Cc1cccc(Cl)c1. The van der Waals surface area contributed by atoms with Crippen LogP contribution in [0.25, 0.3) is 0 Å². The average Bonchev–Trinajstić information content (AvgIpc) is 2.41. The number of nitrogens with one attached hydrogen (secondary N) is 1. The number of nitrogens with zero attached hydrogens (tertiary/aromatic N) is 2. The number of amides is 1. The van der Waals surface area contributed by atoms with E-state index in [2.05, 4.69) is 17.1 Å². The summed E-state index contributed by atoms with van der Waals surface area (Å²) >= 11 is 5.96. The van der Waals surface area contributed by atoms with Gasteiger partial charge in [-0.2, -0.15) is 0 Å². The van der Waals surface area contributed by atoms with Crippen molar-refractivity contribution in [2.75, 3.05) is 33.2 Å². The minimum Gasteiger partial charge on any atom is -0.340 e. The quantitative estimate of drug-likeness (QED) is 0.916. The molecule has 0 spiro atoms. The zero-order chi connectivity index (χ0) is 14.5. The van der Waals surface area contributed by atoms with E-state index in [-0.39, 0.29) is 5.91 Å². The van der Waals surface area contributed by atoms with Gasteiger partial charge in [0.15, 0.2) is 0 Å². The Balaban J connectivity index is 1.88. The summed E-state index contributed by atoms with van der Waals surface area (Å²) in [7, 11) is 1.84. The molecule has 1 aliphatic heterocycles. The van der Waals surface area contributed by atoms with Gasteiger partial charge in [-0.1, -0.05) is 23.7 Å². The van der Waals surface area contributed by atoms with Crippen LogP contribution in [0.1, 0.15) is 12.5 Å². The Hall–Kier alpha value is -1.10. The molecule has 0 aromatic heterocycles. The summed E-state index contributed by atoms with van der Waals surface area (Å²) in [5.41, 5.74) is 1.06. The average molecular weight is 296 g/mol. The number of piperazine rings is 1. The van der Waals surface area contributed by atoms with Crippen LogP contribution in [0.5, 0.6) is 0 Å². The molecule has 2 rings (SSSR count). The standard InChI is InChI=1S/C15H22ClN3O/c1-12-9-17-6-7-19(12)11-15(20)18(2)10-13-4-3-5-14(16)8-13/h3-5,8,12,17H,6-7,9-11H2,1-2H3. The number of halogens is 1. The molecule has 0 bridgehead atoms. The van der Waals surface area contributed by atoms with E-state index in [0.29, 0.717) is 24.2 Å². The van der Waals surface area contributed by atoms with Gasteiger partial charge in [0.05, 0.1) is 6.54 Å². The van der Waals surface area contributed by atoms with Gasteiger partial charge in [0.1, 0.15) is 0 Å². The maximum atomic E-state index is 12.3. The summed E-state index contributed by atoms with van der Waals surface area (Å²) in [4.78, 5) is 16.3. The molecule has 5 heteroatoms. The number of hydrogen-bond acceptors (Lipinski definition) is 3. The van der Waals surface area contributed by atoms with Gasteiger partial charge < -0.3 is 10.2 Å². The smallest absolute Gasteiger partial charge is 0.236 e. The Bertz CT molecular complexity index is 466. The van der Waals surface area contributed by atoms with Crippen LogP contribution in [0.4, 0.5) is 0 Å². The molecule has 4 nitrogen and oxygen atoms in total. The molecule has 1 aromatic carbocycles. The highest BCUT2D eigenvalue weighted by atomic mass is 35.5. The maximum Gasteiger partial charge on any atom is 0.236 e. The van der Waals surface area contributed by atoms with Crippen molar-refractivity contribution in [3.05, 3.63) is 34.9 Å². The first-order valence-electron chi connectivity index (χ1n) is 6.99. The molecule has 110 valence electrons. The number of hydrogen-bond donors (Lipinski definition) is 1. The lowest BCUT2D eigenvalue weighted by Crippen LogP contribution is -2.52. The van der Waals surface area contributed by atoms with Gasteiger partial charge in [-0.25, -0.2) is 0 Å². The summed E-state index contributed by atoms with van der Waals surface area (Å²) in [6.45, 7) is 6.06. The predicted molar refractivity (Wildman–Crippen MR) is 81.8 cm³/mol. The lowest BCUT2D eigenvalue weighted by Gasteiger charge is -2.34. The second-order valence-corrected chi connectivity index (χ2v) is 5.84. The van der Waals surface area contributed by atoms with Crippen molar-refractivity contribution in [1.82, 2.24) is 15.1 Å². The molecule has 0 saturated carbocycles. The lowest BCUT2D eigenvalue weighted by molar-refractivity contribution is -0.132. The third-order valence-corrected chi connectivity index (χ3v) is 3.95. The summed E-state index contributed by atoms with van der Waals surface area (Å²) in [5, 5.41) is 4.04. The van der Waals surface area contributed by atoms with Gasteiger partial charge in [-0.05, 0) is 24.6 Å². The molecular weight excluding hydrogens is 274 g/mol. The Morgan fingerprint density at radius 1 is 1.55 bits per heavy atom. The Morgan fingerprint density at radius 3 is 3.05 bits per heavy atom. The van der Waals surface area contributed by atoms with Crippen LogP contribution >= 0.6 is 11.6 Å². The van der Waals surface area contributed by atoms with Crippen LogP contribution in [0.3, 0.4) is 0 Å². The highest BCUT2D eigenvalue weighted by Crippen LogP contribution is 2.12. The summed E-state index contributed by atoms with van der Waals surface area (Å²) in [6, 6.07) is 8.05. The third kappa shape index (κ3) is 4.20. The minimum atomic E-state index is 0.152. The topological polar surface area (TPSA) is 35.6 Å². The third-order valence-electron chi connectivity index (χ3n) is 3.71. The van der Waals surface area contributed by atoms with Gasteiger partial charge in [0.25, 0.3) is 0 Å². The van der Waals surface area contributed by atoms with E-state index in [4.69, 9.17) is 11.6 Å². The van der Waals surface area contributed by atoms with E-state index < -0.39 is 0 Å².